The van der Waals surface area contributed by atoms with E-state index in [-0.39, 0.29) is 18.3 Å². The summed E-state index contributed by atoms with van der Waals surface area (Å²) in [6, 6.07) is 2.00. The van der Waals surface area contributed by atoms with Crippen molar-refractivity contribution in [1.29, 1.82) is 0 Å². The fourth-order valence-corrected chi connectivity index (χ4v) is 3.33. The Hall–Kier alpha value is -1.07. The van der Waals surface area contributed by atoms with E-state index in [9.17, 15) is 0 Å². The molecule has 0 radical (unpaired) electrons. The molecular weight excluding hydrogens is 301 g/mol. The van der Waals surface area contributed by atoms with Crippen molar-refractivity contribution in [2.45, 2.75) is 71.5 Å². The Morgan fingerprint density at radius 1 is 1.08 bits per heavy atom. The number of nitrogens with zero attached hydrogens (tertiary/aromatic N) is 1. The number of pyridine rings is 1. The molecule has 1 aromatic heterocycles. The molecule has 0 spiro atoms. The molecule has 1 aliphatic heterocycles. The lowest BCUT2D eigenvalue weighted by Gasteiger charge is -2.32. The maximum atomic E-state index is 6.09. The Balaban J connectivity index is 1.61. The maximum absolute atomic E-state index is 6.09. The Labute approximate surface area is 146 Å². The standard InChI is InChI=1S/C19H30BNO3/c1-14-6-8-15(9-7-14)13-22-17-10-16(11-21-12-17)20-23-18(2,3)19(4,5)24-20/h10-12,14-15H,6-9,13H2,1-5H3. The van der Waals surface area contributed by atoms with E-state index < -0.39 is 0 Å². The predicted molar refractivity (Wildman–Crippen MR) is 96.6 cm³/mol. The van der Waals surface area contributed by atoms with Crippen LogP contribution in [-0.2, 0) is 9.31 Å². The molecule has 0 amide bonds. The SMILES string of the molecule is CC1CCC(COc2cncc(B3OC(C)(C)C(C)(C)O3)c2)CC1. The second-order valence-corrected chi connectivity index (χ2v) is 8.48. The van der Waals surface area contributed by atoms with Gasteiger partial charge in [-0.15, -0.1) is 0 Å². The summed E-state index contributed by atoms with van der Waals surface area (Å²) in [5.41, 5.74) is 0.240. The van der Waals surface area contributed by atoms with E-state index in [1.807, 2.05) is 6.07 Å². The van der Waals surface area contributed by atoms with Crippen molar-refractivity contribution in [3.8, 4) is 5.75 Å². The van der Waals surface area contributed by atoms with E-state index in [1.54, 1.807) is 12.4 Å². The molecule has 2 heterocycles. The van der Waals surface area contributed by atoms with Crippen LogP contribution in [0.4, 0.5) is 0 Å². The number of hydrogen-bond donors (Lipinski definition) is 0. The highest BCUT2D eigenvalue weighted by Crippen LogP contribution is 2.36. The zero-order valence-corrected chi connectivity index (χ0v) is 15.7. The minimum absolute atomic E-state index is 0.340. The summed E-state index contributed by atoms with van der Waals surface area (Å²) in [5.74, 6) is 2.34. The molecule has 2 fully saturated rings. The lowest BCUT2D eigenvalue weighted by Crippen LogP contribution is -2.41. The Morgan fingerprint density at radius 2 is 1.71 bits per heavy atom. The van der Waals surface area contributed by atoms with Gasteiger partial charge in [0, 0.05) is 11.7 Å². The van der Waals surface area contributed by atoms with Crippen LogP contribution in [0, 0.1) is 11.8 Å². The quantitative estimate of drug-likeness (QED) is 0.791. The third-order valence-electron chi connectivity index (χ3n) is 5.88. The summed E-state index contributed by atoms with van der Waals surface area (Å²) in [5, 5.41) is 0. The molecule has 132 valence electrons. The second-order valence-electron chi connectivity index (χ2n) is 8.48. The van der Waals surface area contributed by atoms with Gasteiger partial charge in [0.2, 0.25) is 0 Å². The molecule has 24 heavy (non-hydrogen) atoms. The molecule has 0 aromatic carbocycles. The summed E-state index contributed by atoms with van der Waals surface area (Å²) in [6.45, 7) is 11.4. The monoisotopic (exact) mass is 331 g/mol. The van der Waals surface area contributed by atoms with Gasteiger partial charge in [0.25, 0.3) is 0 Å². The largest absolute Gasteiger partial charge is 0.496 e. The highest BCUT2D eigenvalue weighted by Gasteiger charge is 2.51. The Morgan fingerprint density at radius 3 is 2.33 bits per heavy atom. The molecule has 0 N–H and O–H groups in total. The molecule has 2 aliphatic rings. The first-order valence-corrected chi connectivity index (χ1v) is 9.20. The lowest BCUT2D eigenvalue weighted by molar-refractivity contribution is 0.00578. The normalized spacial score (nSPS) is 28.8. The van der Waals surface area contributed by atoms with Gasteiger partial charge in [0.05, 0.1) is 24.0 Å². The van der Waals surface area contributed by atoms with E-state index in [0.29, 0.717) is 5.92 Å². The number of rotatable bonds is 4. The molecule has 4 nitrogen and oxygen atoms in total. The van der Waals surface area contributed by atoms with Crippen LogP contribution >= 0.6 is 0 Å². The first-order valence-electron chi connectivity index (χ1n) is 9.20. The van der Waals surface area contributed by atoms with Gasteiger partial charge in [0.15, 0.2) is 0 Å². The zero-order chi connectivity index (χ0) is 17.4. The van der Waals surface area contributed by atoms with Crippen LogP contribution in [0.15, 0.2) is 18.5 Å². The molecule has 1 aromatic rings. The van der Waals surface area contributed by atoms with Crippen molar-refractivity contribution in [3.05, 3.63) is 18.5 Å². The van der Waals surface area contributed by atoms with Crippen molar-refractivity contribution < 1.29 is 14.0 Å². The Kier molecular flexibility index (Phi) is 4.94. The third kappa shape index (κ3) is 3.78. The van der Waals surface area contributed by atoms with E-state index >= 15 is 0 Å². The van der Waals surface area contributed by atoms with E-state index in [2.05, 4.69) is 39.6 Å². The molecule has 1 saturated carbocycles. The fraction of sp³-hybridized carbons (Fsp3) is 0.737. The molecule has 1 aliphatic carbocycles. The van der Waals surface area contributed by atoms with Crippen molar-refractivity contribution in [2.24, 2.45) is 11.8 Å². The summed E-state index contributed by atoms with van der Waals surface area (Å²) < 4.78 is 18.2. The van der Waals surface area contributed by atoms with E-state index in [0.717, 1.165) is 23.7 Å². The number of ether oxygens (including phenoxy) is 1. The van der Waals surface area contributed by atoms with Gasteiger partial charge in [-0.2, -0.15) is 0 Å². The molecule has 5 heteroatoms. The van der Waals surface area contributed by atoms with Crippen LogP contribution in [0.1, 0.15) is 60.3 Å². The van der Waals surface area contributed by atoms with Crippen LogP contribution in [0.5, 0.6) is 5.75 Å². The Bertz CT molecular complexity index is 551. The topological polar surface area (TPSA) is 40.6 Å². The number of hydrogen-bond acceptors (Lipinski definition) is 4. The molecule has 0 unspecified atom stereocenters. The van der Waals surface area contributed by atoms with Gasteiger partial charge < -0.3 is 14.0 Å². The zero-order valence-electron chi connectivity index (χ0n) is 15.7. The van der Waals surface area contributed by atoms with Crippen LogP contribution < -0.4 is 10.2 Å². The molecular formula is C19H30BNO3. The first-order chi connectivity index (χ1) is 11.3. The van der Waals surface area contributed by atoms with Crippen molar-refractivity contribution in [3.63, 3.8) is 0 Å². The van der Waals surface area contributed by atoms with Gasteiger partial charge in [-0.05, 0) is 58.4 Å². The van der Waals surface area contributed by atoms with Gasteiger partial charge >= 0.3 is 7.12 Å². The lowest BCUT2D eigenvalue weighted by atomic mass is 9.80. The summed E-state index contributed by atoms with van der Waals surface area (Å²) in [6.07, 6.45) is 8.76. The average Bonchev–Trinajstić information content (AvgIpc) is 2.75. The smallest absolute Gasteiger partial charge is 0.492 e. The molecule has 3 rings (SSSR count). The summed E-state index contributed by atoms with van der Waals surface area (Å²) >= 11 is 0. The first kappa shape index (κ1) is 17.7. The fourth-order valence-electron chi connectivity index (χ4n) is 3.33. The average molecular weight is 331 g/mol. The van der Waals surface area contributed by atoms with Crippen LogP contribution in [0.25, 0.3) is 0 Å². The highest BCUT2D eigenvalue weighted by atomic mass is 16.7. The minimum atomic E-state index is -0.387. The highest BCUT2D eigenvalue weighted by molar-refractivity contribution is 6.62. The van der Waals surface area contributed by atoms with Crippen LogP contribution in [-0.4, -0.2) is 29.9 Å². The second kappa shape index (κ2) is 6.68. The number of aromatic nitrogens is 1. The molecule has 1 saturated heterocycles. The van der Waals surface area contributed by atoms with Crippen LogP contribution in [0.3, 0.4) is 0 Å². The molecule has 0 bridgehead atoms. The van der Waals surface area contributed by atoms with E-state index in [1.165, 1.54) is 25.7 Å². The van der Waals surface area contributed by atoms with Crippen molar-refractivity contribution in [1.82, 2.24) is 4.98 Å². The van der Waals surface area contributed by atoms with Gasteiger partial charge in [-0.25, -0.2) is 0 Å². The van der Waals surface area contributed by atoms with Gasteiger partial charge in [-0.1, -0.05) is 19.8 Å². The van der Waals surface area contributed by atoms with E-state index in [4.69, 9.17) is 14.0 Å². The van der Waals surface area contributed by atoms with Crippen molar-refractivity contribution in [2.75, 3.05) is 6.61 Å². The van der Waals surface area contributed by atoms with Crippen molar-refractivity contribution >= 4 is 12.6 Å². The van der Waals surface area contributed by atoms with Crippen LogP contribution in [0.2, 0.25) is 0 Å². The predicted octanol–water partition coefficient (Wildman–Crippen LogP) is 3.59. The van der Waals surface area contributed by atoms with Gasteiger partial charge in [-0.3, -0.25) is 4.98 Å². The third-order valence-corrected chi connectivity index (χ3v) is 5.88. The maximum Gasteiger partial charge on any atom is 0.496 e. The summed E-state index contributed by atoms with van der Waals surface area (Å²) in [7, 11) is -0.387. The summed E-state index contributed by atoms with van der Waals surface area (Å²) in [4.78, 5) is 4.32. The van der Waals surface area contributed by atoms with Gasteiger partial charge in [0.1, 0.15) is 5.75 Å². The minimum Gasteiger partial charge on any atom is -0.492 e. The molecule has 0 atom stereocenters.